The molecule has 1 fully saturated rings. The van der Waals surface area contributed by atoms with Crippen molar-refractivity contribution in [3.63, 3.8) is 0 Å². The molecular formula is C29H33ClN2O3. The Bertz CT molecular complexity index is 1080. The quantitative estimate of drug-likeness (QED) is 0.381. The van der Waals surface area contributed by atoms with Gasteiger partial charge in [0.15, 0.2) is 0 Å². The molecule has 3 aromatic rings. The molecule has 35 heavy (non-hydrogen) atoms. The summed E-state index contributed by atoms with van der Waals surface area (Å²) in [5.41, 5.74) is 3.32. The molecule has 1 aliphatic heterocycles. The highest BCUT2D eigenvalue weighted by molar-refractivity contribution is 6.30. The standard InChI is InChI=1S/C29H33ClN2O3/c1-34-27-12-6-10-25(20-27)28(35-22-24-9-5-11-26(30)19-24)21-31-15-17-32(18-16-31)29(33)14-13-23-7-3-2-4-8-23/h2-12,19-20,28H,13-18,21-22H2,1H3/t28-/m1/s1. The molecule has 1 heterocycles. The molecule has 0 spiro atoms. The third kappa shape index (κ3) is 7.56. The second-order valence-corrected chi connectivity index (χ2v) is 9.31. The van der Waals surface area contributed by atoms with Gasteiger partial charge in [0.25, 0.3) is 0 Å². The maximum absolute atomic E-state index is 12.7. The number of hydrogen-bond donors (Lipinski definition) is 0. The van der Waals surface area contributed by atoms with Gasteiger partial charge in [0, 0.05) is 44.2 Å². The van der Waals surface area contributed by atoms with Crippen molar-refractivity contribution in [3.8, 4) is 5.75 Å². The highest BCUT2D eigenvalue weighted by Gasteiger charge is 2.24. The van der Waals surface area contributed by atoms with E-state index < -0.39 is 0 Å². The molecule has 6 heteroatoms. The van der Waals surface area contributed by atoms with Crippen LogP contribution < -0.4 is 4.74 Å². The summed E-state index contributed by atoms with van der Waals surface area (Å²) in [6.07, 6.45) is 1.22. The van der Waals surface area contributed by atoms with Gasteiger partial charge in [-0.15, -0.1) is 0 Å². The largest absolute Gasteiger partial charge is 0.497 e. The van der Waals surface area contributed by atoms with E-state index in [2.05, 4.69) is 23.1 Å². The Labute approximate surface area is 213 Å². The van der Waals surface area contributed by atoms with Crippen LogP contribution in [-0.4, -0.2) is 55.5 Å². The van der Waals surface area contributed by atoms with Crippen molar-refractivity contribution in [2.75, 3.05) is 39.8 Å². The zero-order chi connectivity index (χ0) is 24.5. The number of hydrogen-bond acceptors (Lipinski definition) is 4. The molecular weight excluding hydrogens is 460 g/mol. The molecule has 3 aromatic carbocycles. The van der Waals surface area contributed by atoms with Gasteiger partial charge < -0.3 is 14.4 Å². The van der Waals surface area contributed by atoms with Crippen molar-refractivity contribution >= 4 is 17.5 Å². The number of methoxy groups -OCH3 is 1. The first-order valence-electron chi connectivity index (χ1n) is 12.1. The Hall–Kier alpha value is -2.86. The van der Waals surface area contributed by atoms with Crippen LogP contribution in [-0.2, 0) is 22.6 Å². The molecule has 1 atom stereocenters. The van der Waals surface area contributed by atoms with Crippen molar-refractivity contribution in [1.82, 2.24) is 9.80 Å². The molecule has 1 saturated heterocycles. The topological polar surface area (TPSA) is 42.0 Å². The molecule has 0 unspecified atom stereocenters. The van der Waals surface area contributed by atoms with E-state index in [1.54, 1.807) is 7.11 Å². The number of ether oxygens (including phenoxy) is 2. The summed E-state index contributed by atoms with van der Waals surface area (Å²) in [6, 6.07) is 26.0. The fraction of sp³-hybridized carbons (Fsp3) is 0.345. The van der Waals surface area contributed by atoms with Crippen molar-refractivity contribution < 1.29 is 14.3 Å². The van der Waals surface area contributed by atoms with E-state index in [9.17, 15) is 4.79 Å². The van der Waals surface area contributed by atoms with Crippen molar-refractivity contribution in [2.45, 2.75) is 25.6 Å². The monoisotopic (exact) mass is 492 g/mol. The molecule has 5 nitrogen and oxygen atoms in total. The maximum atomic E-state index is 12.7. The van der Waals surface area contributed by atoms with Gasteiger partial charge in [-0.2, -0.15) is 0 Å². The van der Waals surface area contributed by atoms with Gasteiger partial charge in [-0.05, 0) is 47.4 Å². The molecule has 0 N–H and O–H groups in total. The summed E-state index contributed by atoms with van der Waals surface area (Å²) in [5, 5.41) is 0.706. The first-order chi connectivity index (χ1) is 17.1. The van der Waals surface area contributed by atoms with E-state index in [1.807, 2.05) is 65.6 Å². The van der Waals surface area contributed by atoms with Crippen LogP contribution in [0.3, 0.4) is 0 Å². The van der Waals surface area contributed by atoms with E-state index in [4.69, 9.17) is 21.1 Å². The van der Waals surface area contributed by atoms with E-state index in [-0.39, 0.29) is 12.0 Å². The second kappa shape index (κ2) is 12.7. The fourth-order valence-corrected chi connectivity index (χ4v) is 4.60. The van der Waals surface area contributed by atoms with Gasteiger partial charge in [0.1, 0.15) is 5.75 Å². The number of amides is 1. The Morgan fingerprint density at radius 1 is 0.914 bits per heavy atom. The molecule has 0 saturated carbocycles. The van der Waals surface area contributed by atoms with Crippen LogP contribution in [0.1, 0.15) is 29.2 Å². The molecule has 0 aromatic heterocycles. The predicted octanol–water partition coefficient (Wildman–Crippen LogP) is 5.38. The number of carbonyl (C=O) groups is 1. The van der Waals surface area contributed by atoms with Crippen LogP contribution >= 0.6 is 11.6 Å². The van der Waals surface area contributed by atoms with E-state index in [0.717, 1.165) is 56.0 Å². The lowest BCUT2D eigenvalue weighted by Gasteiger charge is -2.36. The zero-order valence-corrected chi connectivity index (χ0v) is 21.0. The van der Waals surface area contributed by atoms with E-state index in [1.165, 1.54) is 5.56 Å². The second-order valence-electron chi connectivity index (χ2n) is 8.87. The van der Waals surface area contributed by atoms with Crippen molar-refractivity contribution in [3.05, 3.63) is 101 Å². The number of benzene rings is 3. The summed E-state index contributed by atoms with van der Waals surface area (Å²) in [5.74, 6) is 1.04. The van der Waals surface area contributed by atoms with E-state index >= 15 is 0 Å². The Balaban J connectivity index is 1.34. The SMILES string of the molecule is COc1cccc([C@@H](CN2CCN(C(=O)CCc3ccccc3)CC2)OCc2cccc(Cl)c2)c1. The summed E-state index contributed by atoms with van der Waals surface area (Å²) in [7, 11) is 1.68. The number of rotatable bonds is 10. The molecule has 0 radical (unpaired) electrons. The highest BCUT2D eigenvalue weighted by Crippen LogP contribution is 2.25. The Morgan fingerprint density at radius 2 is 1.66 bits per heavy atom. The molecule has 4 rings (SSSR count). The molecule has 184 valence electrons. The Morgan fingerprint density at radius 3 is 2.40 bits per heavy atom. The smallest absolute Gasteiger partial charge is 0.222 e. The number of carbonyl (C=O) groups excluding carboxylic acids is 1. The predicted molar refractivity (Wildman–Crippen MR) is 140 cm³/mol. The highest BCUT2D eigenvalue weighted by atomic mass is 35.5. The van der Waals surface area contributed by atoms with Crippen molar-refractivity contribution in [1.29, 1.82) is 0 Å². The number of aryl methyl sites for hydroxylation is 1. The van der Waals surface area contributed by atoms with Crippen LogP contribution in [0.2, 0.25) is 5.02 Å². The van der Waals surface area contributed by atoms with Crippen LogP contribution in [0, 0.1) is 0 Å². The molecule has 0 aliphatic carbocycles. The Kier molecular flexibility index (Phi) is 9.18. The lowest BCUT2D eigenvalue weighted by molar-refractivity contribution is -0.133. The van der Waals surface area contributed by atoms with Gasteiger partial charge >= 0.3 is 0 Å². The third-order valence-electron chi connectivity index (χ3n) is 6.43. The number of nitrogens with zero attached hydrogens (tertiary/aromatic N) is 2. The number of piperazine rings is 1. The van der Waals surface area contributed by atoms with Crippen LogP contribution in [0.4, 0.5) is 0 Å². The van der Waals surface area contributed by atoms with Gasteiger partial charge in [0.05, 0.1) is 19.8 Å². The van der Waals surface area contributed by atoms with Gasteiger partial charge in [-0.25, -0.2) is 0 Å². The minimum absolute atomic E-state index is 0.121. The summed E-state index contributed by atoms with van der Waals surface area (Å²) < 4.78 is 11.8. The lowest BCUT2D eigenvalue weighted by atomic mass is 10.1. The van der Waals surface area contributed by atoms with Gasteiger partial charge in [-0.3, -0.25) is 9.69 Å². The summed E-state index contributed by atoms with van der Waals surface area (Å²) >= 11 is 6.16. The minimum Gasteiger partial charge on any atom is -0.497 e. The molecule has 0 bridgehead atoms. The van der Waals surface area contributed by atoms with Crippen molar-refractivity contribution in [2.24, 2.45) is 0 Å². The van der Waals surface area contributed by atoms with E-state index in [0.29, 0.717) is 18.1 Å². The van der Waals surface area contributed by atoms with Crippen LogP contribution in [0.15, 0.2) is 78.9 Å². The average molecular weight is 493 g/mol. The minimum atomic E-state index is -0.121. The third-order valence-corrected chi connectivity index (χ3v) is 6.66. The van der Waals surface area contributed by atoms with Crippen LogP contribution in [0.25, 0.3) is 0 Å². The fourth-order valence-electron chi connectivity index (χ4n) is 4.39. The first-order valence-corrected chi connectivity index (χ1v) is 12.5. The normalized spacial score (nSPS) is 15.1. The van der Waals surface area contributed by atoms with Gasteiger partial charge in [-0.1, -0.05) is 66.2 Å². The average Bonchev–Trinajstić information content (AvgIpc) is 2.90. The summed E-state index contributed by atoms with van der Waals surface area (Å²) in [6.45, 7) is 4.37. The molecule has 1 aliphatic rings. The number of halogens is 1. The zero-order valence-electron chi connectivity index (χ0n) is 20.2. The van der Waals surface area contributed by atoms with Gasteiger partial charge in [0.2, 0.25) is 5.91 Å². The molecule has 1 amide bonds. The first kappa shape index (κ1) is 25.2. The lowest BCUT2D eigenvalue weighted by Crippen LogP contribution is -2.49. The maximum Gasteiger partial charge on any atom is 0.222 e. The van der Waals surface area contributed by atoms with Crippen LogP contribution in [0.5, 0.6) is 5.75 Å². The summed E-state index contributed by atoms with van der Waals surface area (Å²) in [4.78, 5) is 17.1.